The van der Waals surface area contributed by atoms with Gasteiger partial charge in [-0.05, 0) is 80.8 Å². The molecule has 3 aromatic carbocycles. The Morgan fingerprint density at radius 3 is 1.61 bits per heavy atom. The summed E-state index contributed by atoms with van der Waals surface area (Å²) >= 11 is 0. The van der Waals surface area contributed by atoms with Gasteiger partial charge in [-0.2, -0.15) is 0 Å². The number of carbonyl (C=O) groups is 13. The first-order chi connectivity index (χ1) is 45.7. The van der Waals surface area contributed by atoms with Crippen LogP contribution in [0.25, 0.3) is 0 Å². The Hall–Kier alpha value is -10.4. The molecule has 22 N–H and O–H groups in total. The van der Waals surface area contributed by atoms with E-state index in [0.717, 1.165) is 11.8 Å². The van der Waals surface area contributed by atoms with E-state index in [1.54, 1.807) is 60.7 Å². The van der Waals surface area contributed by atoms with E-state index < -0.39 is 176 Å². The van der Waals surface area contributed by atoms with Crippen LogP contribution in [-0.4, -0.2) is 221 Å². The third-order valence-corrected chi connectivity index (χ3v) is 15.3. The number of aromatic amines is 1. The maximum Gasteiger partial charge on any atom is 0.326 e. The SMILES string of the molecule is CC(O)C(NC(=O)C(CCCCN)NC(=O)C(CC(=O)O)NC(=O)C(N)Cc1ccccc1)C(=O)NC(CO)C(=O)NC(CC(N)=O)C(=O)NC(CO)C(=O)N1CCCC1C(=O)NC(Cc1ccc(O)cc1)C(=O)NC(Cc1cnc[nH]1)C(=O)NC(Cc1ccccc1)C(=O)O. The van der Waals surface area contributed by atoms with Gasteiger partial charge in [0.2, 0.25) is 65.0 Å². The number of aromatic nitrogens is 2. The van der Waals surface area contributed by atoms with Crippen molar-refractivity contribution < 1.29 is 93.0 Å². The number of aliphatic hydroxyl groups is 3. The molecular weight excluding hydrogens is 1260 g/mol. The number of aromatic hydroxyl groups is 1. The highest BCUT2D eigenvalue weighted by Gasteiger charge is 2.41. The summed E-state index contributed by atoms with van der Waals surface area (Å²) in [5.74, 6) is -15.2. The highest BCUT2D eigenvalue weighted by molar-refractivity contribution is 6.00. The number of aliphatic hydroxyl groups excluding tert-OH is 3. The van der Waals surface area contributed by atoms with Crippen molar-refractivity contribution >= 4 is 76.9 Å². The van der Waals surface area contributed by atoms with Gasteiger partial charge in [0.25, 0.3) is 0 Å². The average molecular weight is 1340 g/mol. The molecule has 1 saturated heterocycles. The number of nitrogens with one attached hydrogen (secondary N) is 10. The number of imidazole rings is 1. The number of likely N-dealkylation sites (tertiary alicyclic amines) is 1. The molecule has 4 aromatic rings. The average Bonchev–Trinajstić information content (AvgIpc) is 1.65. The number of unbranched alkanes of at least 4 members (excludes halogenated alkanes) is 1. The van der Waals surface area contributed by atoms with Gasteiger partial charge in [-0.3, -0.25) is 57.5 Å². The van der Waals surface area contributed by atoms with Crippen molar-refractivity contribution in [3.63, 3.8) is 0 Å². The van der Waals surface area contributed by atoms with Crippen LogP contribution < -0.4 is 65.1 Å². The molecule has 0 aliphatic carbocycles. The van der Waals surface area contributed by atoms with Crippen LogP contribution in [-0.2, 0) is 88.0 Å². The summed E-state index contributed by atoms with van der Waals surface area (Å²) in [6, 6.07) is 4.26. The van der Waals surface area contributed by atoms with Crippen LogP contribution in [0.5, 0.6) is 5.75 Å². The number of carboxylic acids is 2. The van der Waals surface area contributed by atoms with Gasteiger partial charge in [0, 0.05) is 37.7 Å². The van der Waals surface area contributed by atoms with Crippen LogP contribution in [0.15, 0.2) is 97.5 Å². The molecule has 0 saturated carbocycles. The topological polar surface area (TPSA) is 562 Å². The smallest absolute Gasteiger partial charge is 0.326 e. The number of phenols is 1. The van der Waals surface area contributed by atoms with E-state index in [1.165, 1.54) is 36.8 Å². The van der Waals surface area contributed by atoms with Crippen molar-refractivity contribution in [2.24, 2.45) is 17.2 Å². The molecule has 1 aromatic heterocycles. The predicted molar refractivity (Wildman–Crippen MR) is 337 cm³/mol. The Balaban J connectivity index is 1.27. The number of carbonyl (C=O) groups excluding carboxylic acids is 11. The van der Waals surface area contributed by atoms with Gasteiger partial charge >= 0.3 is 11.9 Å². The Morgan fingerprint density at radius 1 is 0.573 bits per heavy atom. The fraction of sp³-hybridized carbons (Fsp3) is 0.452. The second-order valence-corrected chi connectivity index (χ2v) is 22.8. The molecule has 1 aliphatic heterocycles. The van der Waals surface area contributed by atoms with Crippen LogP contribution >= 0.6 is 0 Å². The number of primary amides is 1. The summed E-state index contributed by atoms with van der Waals surface area (Å²) in [4.78, 5) is 183. The van der Waals surface area contributed by atoms with E-state index in [2.05, 4.69) is 57.8 Å². The quantitative estimate of drug-likeness (QED) is 0.0185. The first-order valence-corrected chi connectivity index (χ1v) is 30.7. The molecule has 11 amide bonds. The van der Waals surface area contributed by atoms with Gasteiger partial charge in [0.15, 0.2) is 0 Å². The third kappa shape index (κ3) is 24.2. The van der Waals surface area contributed by atoms with Crippen LogP contribution in [0, 0.1) is 0 Å². The van der Waals surface area contributed by atoms with Crippen molar-refractivity contribution in [2.45, 2.75) is 150 Å². The molecule has 0 bridgehead atoms. The van der Waals surface area contributed by atoms with Gasteiger partial charge in [0.1, 0.15) is 66.2 Å². The predicted octanol–water partition coefficient (Wildman–Crippen LogP) is -6.00. The molecule has 96 heavy (non-hydrogen) atoms. The van der Waals surface area contributed by atoms with Gasteiger partial charge in [0.05, 0.1) is 44.5 Å². The minimum atomic E-state index is -2.03. The van der Waals surface area contributed by atoms with Gasteiger partial charge < -0.3 is 106 Å². The van der Waals surface area contributed by atoms with E-state index >= 15 is 0 Å². The zero-order valence-corrected chi connectivity index (χ0v) is 52.4. The van der Waals surface area contributed by atoms with Crippen molar-refractivity contribution in [3.8, 4) is 5.75 Å². The summed E-state index contributed by atoms with van der Waals surface area (Å²) in [5, 5.41) is 82.4. The van der Waals surface area contributed by atoms with E-state index in [4.69, 9.17) is 17.2 Å². The number of carboxylic acid groups (broad SMARTS) is 2. The number of H-pyrrole nitrogens is 1. The summed E-state index contributed by atoms with van der Waals surface area (Å²) in [6.07, 6.45) is -1.16. The summed E-state index contributed by atoms with van der Waals surface area (Å²) in [6.45, 7) is -1.33. The van der Waals surface area contributed by atoms with Crippen LogP contribution in [0.2, 0.25) is 0 Å². The van der Waals surface area contributed by atoms with Crippen molar-refractivity contribution in [1.29, 1.82) is 0 Å². The molecular formula is C62H83N15O19. The summed E-state index contributed by atoms with van der Waals surface area (Å²) in [5.41, 5.74) is 19.2. The zero-order chi connectivity index (χ0) is 70.6. The molecule has 0 spiro atoms. The van der Waals surface area contributed by atoms with Crippen LogP contribution in [0.3, 0.4) is 0 Å². The number of benzene rings is 3. The maximum absolute atomic E-state index is 14.4. The zero-order valence-electron chi connectivity index (χ0n) is 52.4. The molecule has 0 radical (unpaired) electrons. The highest BCUT2D eigenvalue weighted by atomic mass is 16.4. The summed E-state index contributed by atoms with van der Waals surface area (Å²) in [7, 11) is 0. The first kappa shape index (κ1) is 76.3. The fourth-order valence-corrected chi connectivity index (χ4v) is 10.2. The van der Waals surface area contributed by atoms with E-state index in [9.17, 15) is 93.0 Å². The lowest BCUT2D eigenvalue weighted by molar-refractivity contribution is -0.143. The minimum absolute atomic E-state index is 0.0180. The van der Waals surface area contributed by atoms with Gasteiger partial charge in [-0.25, -0.2) is 9.78 Å². The number of phenolic OH excluding ortho intramolecular Hbond substituents is 1. The normalized spacial score (nSPS) is 16.1. The maximum atomic E-state index is 14.4. The monoisotopic (exact) mass is 1340 g/mol. The lowest BCUT2D eigenvalue weighted by Crippen LogP contribution is -2.63. The van der Waals surface area contributed by atoms with Gasteiger partial charge in [-0.15, -0.1) is 0 Å². The van der Waals surface area contributed by atoms with Crippen molar-refractivity contribution in [3.05, 3.63) is 120 Å². The molecule has 34 nitrogen and oxygen atoms in total. The van der Waals surface area contributed by atoms with E-state index in [1.807, 2.05) is 0 Å². The number of hydrogen-bond acceptors (Lipinski definition) is 20. The highest BCUT2D eigenvalue weighted by Crippen LogP contribution is 2.21. The molecule has 520 valence electrons. The van der Waals surface area contributed by atoms with Gasteiger partial charge in [-0.1, -0.05) is 72.8 Å². The molecule has 1 aliphatic rings. The second-order valence-electron chi connectivity index (χ2n) is 22.8. The fourth-order valence-electron chi connectivity index (χ4n) is 10.2. The third-order valence-electron chi connectivity index (χ3n) is 15.3. The van der Waals surface area contributed by atoms with Crippen LogP contribution in [0.4, 0.5) is 0 Å². The molecule has 5 rings (SSSR count). The Morgan fingerprint density at radius 2 is 1.06 bits per heavy atom. The number of rotatable bonds is 39. The molecule has 34 heteroatoms. The standard InChI is InChI=1S/C62H83N15O19/c1-33(80)51(76-53(86)40(15-8-9-21-63)68-57(90)44(28-50(83)84)69-52(85)39(64)23-34-11-4-2-5-12-34)60(93)74-46(30-78)58(91)71-43(27-49(65)82)56(89)75-47(31-79)61(94)77-22-10-16-48(77)59(92)72-41(24-36-17-19-38(81)20-18-36)54(87)70-42(26-37-29-66-32-67-37)55(88)73-45(62(95)96)25-35-13-6-3-7-14-35/h2-7,11-14,17-20,29,32-33,39-48,51,78-81H,8-10,15-16,21-28,30-31,63-64H2,1H3,(H2,65,82)(H,66,67)(H,68,90)(H,69,85)(H,70,87)(H,71,91)(H,72,92)(H,73,88)(H,74,93)(H,75,89)(H,76,86)(H,83,84)(H,95,96). The Bertz CT molecular complexity index is 3310. The summed E-state index contributed by atoms with van der Waals surface area (Å²) < 4.78 is 0. The number of amides is 11. The largest absolute Gasteiger partial charge is 0.508 e. The Kier molecular flexibility index (Phi) is 30.3. The lowest BCUT2D eigenvalue weighted by Gasteiger charge is -2.30. The van der Waals surface area contributed by atoms with E-state index in [0.29, 0.717) is 28.8 Å². The first-order valence-electron chi connectivity index (χ1n) is 30.7. The number of aliphatic carboxylic acids is 2. The van der Waals surface area contributed by atoms with Crippen LogP contribution in [0.1, 0.15) is 74.3 Å². The van der Waals surface area contributed by atoms with E-state index in [-0.39, 0.29) is 70.2 Å². The Labute approximate surface area is 550 Å². The molecule has 12 unspecified atom stereocenters. The molecule has 1 fully saturated rings. The number of nitrogens with zero attached hydrogens (tertiary/aromatic N) is 2. The lowest BCUT2D eigenvalue weighted by atomic mass is 10.0. The van der Waals surface area contributed by atoms with Crippen molar-refractivity contribution in [1.82, 2.24) is 62.7 Å². The number of hydrogen-bond donors (Lipinski definition) is 19. The number of nitrogens with two attached hydrogens (primary N) is 3. The minimum Gasteiger partial charge on any atom is -0.508 e. The molecule has 12 atom stereocenters. The van der Waals surface area contributed by atoms with Crippen molar-refractivity contribution in [2.75, 3.05) is 26.3 Å². The molecule has 2 heterocycles. The second kappa shape index (κ2) is 38.1.